The van der Waals surface area contributed by atoms with Crippen molar-refractivity contribution in [1.29, 1.82) is 0 Å². The number of carbonyl (C=O) groups excluding carboxylic acids is 1. The number of carbonyl (C=O) groups is 1. The molecule has 1 amide bonds. The smallest absolute Gasteiger partial charge is 0.273 e. The number of sulfone groups is 1. The van der Waals surface area contributed by atoms with Crippen molar-refractivity contribution in [1.82, 2.24) is 20.3 Å². The lowest BCUT2D eigenvalue weighted by Crippen LogP contribution is -2.18. The van der Waals surface area contributed by atoms with E-state index in [1.54, 1.807) is 0 Å². The Morgan fingerprint density at radius 2 is 2.00 bits per heavy atom. The lowest BCUT2D eigenvalue weighted by molar-refractivity contribution is 0.0958. The van der Waals surface area contributed by atoms with Gasteiger partial charge >= 0.3 is 0 Å². The Morgan fingerprint density at radius 3 is 2.62 bits per heavy atom. The Balaban J connectivity index is 2.06. The van der Waals surface area contributed by atoms with Gasteiger partial charge in [-0.2, -0.15) is 0 Å². The van der Waals surface area contributed by atoms with Crippen molar-refractivity contribution < 1.29 is 17.6 Å². The highest BCUT2D eigenvalue weighted by Gasteiger charge is 2.16. The first-order valence-electron chi connectivity index (χ1n) is 6.03. The highest BCUT2D eigenvalue weighted by atomic mass is 32.2. The molecular weight excluding hydrogens is 299 g/mol. The maximum absolute atomic E-state index is 12.8. The number of hydrogen-bond donors (Lipinski definition) is 1. The Morgan fingerprint density at radius 1 is 1.33 bits per heavy atom. The van der Waals surface area contributed by atoms with Gasteiger partial charge in [0, 0.05) is 7.05 Å². The van der Waals surface area contributed by atoms with Crippen LogP contribution in [0.1, 0.15) is 10.5 Å². The van der Waals surface area contributed by atoms with E-state index in [4.69, 9.17) is 0 Å². The standard InChI is InChI=1S/C12H13FN4O3S/c1-14-12(18)11-8-17(16-15-11)6-7-21(19,20)10-4-2-9(13)3-5-10/h2-5,8H,6-7H2,1H3,(H,14,18). The molecule has 2 rings (SSSR count). The Hall–Kier alpha value is -2.29. The van der Waals surface area contributed by atoms with Gasteiger partial charge in [-0.3, -0.25) is 9.48 Å². The Labute approximate surface area is 120 Å². The van der Waals surface area contributed by atoms with Gasteiger partial charge in [-0.15, -0.1) is 5.10 Å². The summed E-state index contributed by atoms with van der Waals surface area (Å²) in [7, 11) is -2.09. The summed E-state index contributed by atoms with van der Waals surface area (Å²) in [6, 6.07) is 4.60. The van der Waals surface area contributed by atoms with Gasteiger partial charge < -0.3 is 5.32 Å². The zero-order valence-corrected chi connectivity index (χ0v) is 12.0. The van der Waals surface area contributed by atoms with Crippen molar-refractivity contribution in [2.45, 2.75) is 11.4 Å². The zero-order valence-electron chi connectivity index (χ0n) is 11.2. The number of nitrogens with zero attached hydrogens (tertiary/aromatic N) is 3. The number of halogens is 1. The van der Waals surface area contributed by atoms with Crippen molar-refractivity contribution in [3.05, 3.63) is 42.0 Å². The molecule has 21 heavy (non-hydrogen) atoms. The molecular formula is C12H13FN4O3S. The Bertz CT molecular complexity index is 740. The van der Waals surface area contributed by atoms with Crippen LogP contribution in [0.4, 0.5) is 4.39 Å². The predicted octanol–water partition coefficient (Wildman–Crippen LogP) is 0.251. The first-order valence-corrected chi connectivity index (χ1v) is 7.68. The van der Waals surface area contributed by atoms with Crippen LogP contribution in [0.3, 0.4) is 0 Å². The van der Waals surface area contributed by atoms with Crippen molar-refractivity contribution in [2.75, 3.05) is 12.8 Å². The average molecular weight is 312 g/mol. The second-order valence-electron chi connectivity index (χ2n) is 4.22. The van der Waals surface area contributed by atoms with Crippen LogP contribution in [0.2, 0.25) is 0 Å². The molecule has 1 N–H and O–H groups in total. The van der Waals surface area contributed by atoms with Crippen molar-refractivity contribution in [3.63, 3.8) is 0 Å². The largest absolute Gasteiger partial charge is 0.354 e. The van der Waals surface area contributed by atoms with Gasteiger partial charge in [0.05, 0.1) is 23.4 Å². The minimum absolute atomic E-state index is 0.0375. The molecule has 9 heteroatoms. The molecule has 0 aliphatic rings. The molecule has 0 aliphatic carbocycles. The topological polar surface area (TPSA) is 94.0 Å². The molecule has 0 fully saturated rings. The third kappa shape index (κ3) is 3.63. The van der Waals surface area contributed by atoms with E-state index in [0.29, 0.717) is 0 Å². The van der Waals surface area contributed by atoms with E-state index >= 15 is 0 Å². The molecule has 0 radical (unpaired) electrons. The lowest BCUT2D eigenvalue weighted by atomic mass is 10.4. The monoisotopic (exact) mass is 312 g/mol. The normalized spacial score (nSPS) is 11.3. The van der Waals surface area contributed by atoms with E-state index in [-0.39, 0.29) is 22.9 Å². The molecule has 0 bridgehead atoms. The molecule has 112 valence electrons. The molecule has 0 atom stereocenters. The third-order valence-electron chi connectivity index (χ3n) is 2.76. The van der Waals surface area contributed by atoms with Crippen LogP contribution in [-0.4, -0.2) is 42.1 Å². The fourth-order valence-electron chi connectivity index (χ4n) is 1.61. The molecule has 0 saturated heterocycles. The van der Waals surface area contributed by atoms with E-state index in [2.05, 4.69) is 15.6 Å². The minimum Gasteiger partial charge on any atom is -0.354 e. The van der Waals surface area contributed by atoms with Gasteiger partial charge in [0.1, 0.15) is 5.82 Å². The highest BCUT2D eigenvalue weighted by molar-refractivity contribution is 7.91. The highest BCUT2D eigenvalue weighted by Crippen LogP contribution is 2.12. The summed E-state index contributed by atoms with van der Waals surface area (Å²) >= 11 is 0. The fourth-order valence-corrected chi connectivity index (χ4v) is 2.83. The van der Waals surface area contributed by atoms with Crippen molar-refractivity contribution in [3.8, 4) is 0 Å². The first-order chi connectivity index (χ1) is 9.92. The summed E-state index contributed by atoms with van der Waals surface area (Å²) in [6.45, 7) is 0.0453. The number of aryl methyl sites for hydroxylation is 1. The second-order valence-corrected chi connectivity index (χ2v) is 6.33. The van der Waals surface area contributed by atoms with E-state index in [0.717, 1.165) is 12.1 Å². The maximum atomic E-state index is 12.8. The summed E-state index contributed by atoms with van der Waals surface area (Å²) in [6.07, 6.45) is 1.36. The van der Waals surface area contributed by atoms with E-state index in [1.165, 1.54) is 30.1 Å². The van der Waals surface area contributed by atoms with Gasteiger partial charge in [-0.1, -0.05) is 5.21 Å². The second kappa shape index (κ2) is 6.00. The molecule has 1 aromatic carbocycles. The summed E-state index contributed by atoms with van der Waals surface area (Å²) < 4.78 is 38.2. The SMILES string of the molecule is CNC(=O)c1cn(CCS(=O)(=O)c2ccc(F)cc2)nn1. The van der Waals surface area contributed by atoms with Gasteiger partial charge in [-0.25, -0.2) is 12.8 Å². The number of amides is 1. The average Bonchev–Trinajstić information content (AvgIpc) is 2.94. The van der Waals surface area contributed by atoms with Crippen molar-refractivity contribution >= 4 is 15.7 Å². The molecule has 0 unspecified atom stereocenters. The molecule has 7 nitrogen and oxygen atoms in total. The van der Waals surface area contributed by atoms with Crippen LogP contribution in [0, 0.1) is 5.82 Å². The molecule has 1 heterocycles. The van der Waals surface area contributed by atoms with Crippen molar-refractivity contribution in [2.24, 2.45) is 0 Å². The van der Waals surface area contributed by atoms with Crippen LogP contribution < -0.4 is 5.32 Å². The lowest BCUT2D eigenvalue weighted by Gasteiger charge is -2.04. The van der Waals surface area contributed by atoms with Crippen LogP contribution in [0.5, 0.6) is 0 Å². The van der Waals surface area contributed by atoms with Crippen LogP contribution in [0.25, 0.3) is 0 Å². The van der Waals surface area contributed by atoms with Gasteiger partial charge in [0.2, 0.25) is 0 Å². The predicted molar refractivity (Wildman–Crippen MR) is 71.9 cm³/mol. The maximum Gasteiger partial charge on any atom is 0.273 e. The van der Waals surface area contributed by atoms with E-state index in [1.807, 2.05) is 0 Å². The van der Waals surface area contributed by atoms with Gasteiger partial charge in [0.25, 0.3) is 5.91 Å². The summed E-state index contributed by atoms with van der Waals surface area (Å²) in [5.74, 6) is -1.13. The molecule has 2 aromatic rings. The van der Waals surface area contributed by atoms with E-state index < -0.39 is 21.6 Å². The van der Waals surface area contributed by atoms with Gasteiger partial charge in [-0.05, 0) is 24.3 Å². The number of nitrogens with one attached hydrogen (secondary N) is 1. The Kier molecular flexibility index (Phi) is 4.32. The first kappa shape index (κ1) is 15.1. The van der Waals surface area contributed by atoms with Crippen LogP contribution >= 0.6 is 0 Å². The number of hydrogen-bond acceptors (Lipinski definition) is 5. The van der Waals surface area contributed by atoms with Gasteiger partial charge in [0.15, 0.2) is 15.5 Å². The quantitative estimate of drug-likeness (QED) is 0.799. The van der Waals surface area contributed by atoms with Crippen LogP contribution in [-0.2, 0) is 16.4 Å². The third-order valence-corrected chi connectivity index (χ3v) is 4.47. The molecule has 0 aliphatic heterocycles. The summed E-state index contributed by atoms with van der Waals surface area (Å²) in [5.41, 5.74) is 0.108. The number of benzene rings is 1. The molecule has 1 aromatic heterocycles. The number of rotatable bonds is 5. The minimum atomic E-state index is -3.55. The summed E-state index contributed by atoms with van der Waals surface area (Å²) in [4.78, 5) is 11.3. The van der Waals surface area contributed by atoms with Crippen LogP contribution in [0.15, 0.2) is 35.4 Å². The number of aromatic nitrogens is 3. The molecule has 0 saturated carbocycles. The zero-order chi connectivity index (χ0) is 15.5. The van der Waals surface area contributed by atoms with E-state index in [9.17, 15) is 17.6 Å². The fraction of sp³-hybridized carbons (Fsp3) is 0.250. The molecule has 0 spiro atoms. The summed E-state index contributed by atoms with van der Waals surface area (Å²) in [5, 5.41) is 9.70.